The van der Waals surface area contributed by atoms with Crippen LogP contribution in [0.3, 0.4) is 0 Å². The Hall–Kier alpha value is -1.92. The fraction of sp³-hybridized carbons (Fsp3) is 0.200. The van der Waals surface area contributed by atoms with Gasteiger partial charge in [-0.05, 0) is 49.2 Å². The van der Waals surface area contributed by atoms with Gasteiger partial charge in [-0.3, -0.25) is 10.1 Å². The first-order valence-electron chi connectivity index (χ1n) is 6.42. The van der Waals surface area contributed by atoms with Crippen LogP contribution >= 0.6 is 11.8 Å². The summed E-state index contributed by atoms with van der Waals surface area (Å²) >= 11 is 1.24. The van der Waals surface area contributed by atoms with Gasteiger partial charge in [-0.25, -0.2) is 4.39 Å². The molecular formula is C15H15FN2O2S. The Morgan fingerprint density at radius 1 is 1.29 bits per heavy atom. The van der Waals surface area contributed by atoms with Gasteiger partial charge in [0.05, 0.1) is 9.82 Å². The number of nitro benzene ring substituents is 1. The summed E-state index contributed by atoms with van der Waals surface area (Å²) in [5.74, 6) is -0.332. The van der Waals surface area contributed by atoms with E-state index >= 15 is 0 Å². The third-order valence-electron chi connectivity index (χ3n) is 2.82. The number of hydrogen-bond acceptors (Lipinski definition) is 4. The topological polar surface area (TPSA) is 69.2 Å². The fourth-order valence-electron chi connectivity index (χ4n) is 1.92. The lowest BCUT2D eigenvalue weighted by atomic mass is 10.1. The van der Waals surface area contributed by atoms with Crippen LogP contribution in [0.15, 0.2) is 52.3 Å². The molecule has 0 aliphatic carbocycles. The summed E-state index contributed by atoms with van der Waals surface area (Å²) < 4.78 is 12.9. The van der Waals surface area contributed by atoms with Crippen LogP contribution < -0.4 is 5.73 Å². The quantitative estimate of drug-likeness (QED) is 0.674. The Labute approximate surface area is 126 Å². The number of halogens is 1. The van der Waals surface area contributed by atoms with Crippen molar-refractivity contribution in [2.24, 2.45) is 5.73 Å². The molecule has 0 aliphatic heterocycles. The third-order valence-corrected chi connectivity index (χ3v) is 3.89. The Bertz CT molecular complexity index is 645. The number of hydrogen-bond donors (Lipinski definition) is 1. The predicted octanol–water partition coefficient (Wildman–Crippen LogP) is 3.77. The molecule has 0 radical (unpaired) electrons. The number of nitrogens with zero attached hydrogens (tertiary/aromatic N) is 1. The van der Waals surface area contributed by atoms with Crippen LogP contribution in [0.2, 0.25) is 0 Å². The van der Waals surface area contributed by atoms with Gasteiger partial charge >= 0.3 is 0 Å². The minimum atomic E-state index is -0.406. The van der Waals surface area contributed by atoms with Gasteiger partial charge in [0.15, 0.2) is 0 Å². The zero-order valence-corrected chi connectivity index (χ0v) is 12.3. The van der Waals surface area contributed by atoms with Crippen molar-refractivity contribution in [2.75, 3.05) is 0 Å². The van der Waals surface area contributed by atoms with E-state index in [1.807, 2.05) is 13.0 Å². The largest absolute Gasteiger partial charge is 0.328 e. The molecule has 0 aromatic heterocycles. The molecule has 2 aromatic rings. The van der Waals surface area contributed by atoms with E-state index in [1.54, 1.807) is 24.3 Å². The van der Waals surface area contributed by atoms with Crippen LogP contribution in [-0.2, 0) is 6.42 Å². The molecule has 0 spiro atoms. The van der Waals surface area contributed by atoms with Crippen LogP contribution in [0.1, 0.15) is 12.5 Å². The normalized spacial score (nSPS) is 12.1. The number of nitro groups is 1. The average molecular weight is 306 g/mol. The lowest BCUT2D eigenvalue weighted by molar-refractivity contribution is -0.387. The second-order valence-electron chi connectivity index (χ2n) is 4.80. The molecule has 2 aromatic carbocycles. The molecular weight excluding hydrogens is 291 g/mol. The minimum Gasteiger partial charge on any atom is -0.328 e. The van der Waals surface area contributed by atoms with Crippen molar-refractivity contribution in [2.45, 2.75) is 29.2 Å². The number of benzene rings is 2. The highest BCUT2D eigenvalue weighted by Gasteiger charge is 2.16. The Morgan fingerprint density at radius 3 is 2.52 bits per heavy atom. The second kappa shape index (κ2) is 6.69. The highest BCUT2D eigenvalue weighted by molar-refractivity contribution is 7.99. The Kier molecular flexibility index (Phi) is 4.93. The predicted molar refractivity (Wildman–Crippen MR) is 81.0 cm³/mol. The van der Waals surface area contributed by atoms with E-state index in [4.69, 9.17) is 5.73 Å². The molecule has 0 amide bonds. The molecule has 6 heteroatoms. The van der Waals surface area contributed by atoms with Crippen molar-refractivity contribution < 1.29 is 9.31 Å². The maximum Gasteiger partial charge on any atom is 0.283 e. The van der Waals surface area contributed by atoms with Crippen molar-refractivity contribution in [1.82, 2.24) is 0 Å². The summed E-state index contributed by atoms with van der Waals surface area (Å²) in [4.78, 5) is 12.1. The first-order valence-corrected chi connectivity index (χ1v) is 7.23. The van der Waals surface area contributed by atoms with Crippen LogP contribution in [0, 0.1) is 15.9 Å². The van der Waals surface area contributed by atoms with E-state index in [0.717, 1.165) is 10.5 Å². The van der Waals surface area contributed by atoms with E-state index in [2.05, 4.69) is 0 Å². The smallest absolute Gasteiger partial charge is 0.283 e. The summed E-state index contributed by atoms with van der Waals surface area (Å²) in [5, 5.41) is 11.2. The summed E-state index contributed by atoms with van der Waals surface area (Å²) in [6, 6.07) is 10.9. The summed E-state index contributed by atoms with van der Waals surface area (Å²) in [7, 11) is 0. The van der Waals surface area contributed by atoms with Crippen molar-refractivity contribution in [3.05, 3.63) is 64.0 Å². The molecule has 0 heterocycles. The Balaban J connectivity index is 2.30. The molecule has 2 N–H and O–H groups in total. The molecule has 0 fully saturated rings. The monoisotopic (exact) mass is 306 g/mol. The van der Waals surface area contributed by atoms with Gasteiger partial charge in [0.1, 0.15) is 5.82 Å². The van der Waals surface area contributed by atoms with Crippen molar-refractivity contribution >= 4 is 17.4 Å². The van der Waals surface area contributed by atoms with E-state index in [0.29, 0.717) is 11.3 Å². The van der Waals surface area contributed by atoms with Gasteiger partial charge in [-0.15, -0.1) is 0 Å². The van der Waals surface area contributed by atoms with E-state index in [9.17, 15) is 14.5 Å². The van der Waals surface area contributed by atoms with E-state index in [1.165, 1.54) is 23.9 Å². The van der Waals surface area contributed by atoms with Crippen LogP contribution in [-0.4, -0.2) is 11.0 Å². The lowest BCUT2D eigenvalue weighted by Crippen LogP contribution is -2.17. The van der Waals surface area contributed by atoms with Gasteiger partial charge in [-0.1, -0.05) is 17.8 Å². The van der Waals surface area contributed by atoms with E-state index in [-0.39, 0.29) is 17.5 Å². The molecule has 0 saturated carbocycles. The summed E-state index contributed by atoms with van der Waals surface area (Å²) in [6.45, 7) is 1.85. The maximum atomic E-state index is 12.9. The molecule has 1 atom stereocenters. The first-order chi connectivity index (χ1) is 9.95. The summed E-state index contributed by atoms with van der Waals surface area (Å²) in [5.41, 5.74) is 6.59. The van der Waals surface area contributed by atoms with Gasteiger partial charge in [0.25, 0.3) is 5.69 Å². The SMILES string of the molecule is CC(N)Cc1ccc(Sc2ccc(F)cc2)c([N+](=O)[O-])c1. The van der Waals surface area contributed by atoms with Crippen molar-refractivity contribution in [3.8, 4) is 0 Å². The molecule has 1 unspecified atom stereocenters. The lowest BCUT2D eigenvalue weighted by Gasteiger charge is -2.08. The highest BCUT2D eigenvalue weighted by atomic mass is 32.2. The molecule has 0 saturated heterocycles. The van der Waals surface area contributed by atoms with Gasteiger partial charge in [-0.2, -0.15) is 0 Å². The van der Waals surface area contributed by atoms with Gasteiger partial charge in [0, 0.05) is 17.0 Å². The first kappa shape index (κ1) is 15.5. The molecule has 110 valence electrons. The van der Waals surface area contributed by atoms with Gasteiger partial charge < -0.3 is 5.73 Å². The standard InChI is InChI=1S/C15H15FN2O2S/c1-10(17)8-11-2-7-15(14(9-11)18(19)20)21-13-5-3-12(16)4-6-13/h2-7,9-10H,8,17H2,1H3. The summed E-state index contributed by atoms with van der Waals surface area (Å²) in [6.07, 6.45) is 0.586. The number of nitrogens with two attached hydrogens (primary N) is 1. The number of rotatable bonds is 5. The fourth-order valence-corrected chi connectivity index (χ4v) is 2.82. The van der Waals surface area contributed by atoms with Crippen LogP contribution in [0.4, 0.5) is 10.1 Å². The average Bonchev–Trinajstić information content (AvgIpc) is 2.42. The van der Waals surface area contributed by atoms with Crippen molar-refractivity contribution in [3.63, 3.8) is 0 Å². The molecule has 2 rings (SSSR count). The zero-order valence-electron chi connectivity index (χ0n) is 11.5. The minimum absolute atomic E-state index is 0.0440. The molecule has 0 bridgehead atoms. The van der Waals surface area contributed by atoms with Crippen LogP contribution in [0.5, 0.6) is 0 Å². The highest BCUT2D eigenvalue weighted by Crippen LogP contribution is 2.35. The zero-order chi connectivity index (χ0) is 15.4. The molecule has 0 aliphatic rings. The Morgan fingerprint density at radius 2 is 1.95 bits per heavy atom. The molecule has 21 heavy (non-hydrogen) atoms. The van der Waals surface area contributed by atoms with Crippen molar-refractivity contribution in [1.29, 1.82) is 0 Å². The van der Waals surface area contributed by atoms with Crippen LogP contribution in [0.25, 0.3) is 0 Å². The maximum absolute atomic E-state index is 12.9. The second-order valence-corrected chi connectivity index (χ2v) is 5.91. The van der Waals surface area contributed by atoms with Gasteiger partial charge in [0.2, 0.25) is 0 Å². The third kappa shape index (κ3) is 4.27. The molecule has 4 nitrogen and oxygen atoms in total. The van der Waals surface area contributed by atoms with E-state index < -0.39 is 4.92 Å².